The highest BCUT2D eigenvalue weighted by atomic mass is 35.5. The van der Waals surface area contributed by atoms with Crippen LogP contribution in [0.25, 0.3) is 0 Å². The number of halogens is 1. The van der Waals surface area contributed by atoms with Crippen LogP contribution in [0.15, 0.2) is 18.3 Å². The SMILES string of the molecule is CCCNC(=O)CNC(=O)COC(=O)c1cccnc1Cl. The Labute approximate surface area is 127 Å². The van der Waals surface area contributed by atoms with Crippen molar-refractivity contribution in [1.29, 1.82) is 0 Å². The molecule has 0 aliphatic rings. The van der Waals surface area contributed by atoms with Crippen LogP contribution in [0.4, 0.5) is 0 Å². The van der Waals surface area contributed by atoms with Gasteiger partial charge in [0.15, 0.2) is 6.61 Å². The zero-order valence-electron chi connectivity index (χ0n) is 11.5. The number of ether oxygens (including phenoxy) is 1. The van der Waals surface area contributed by atoms with Crippen molar-refractivity contribution >= 4 is 29.4 Å². The van der Waals surface area contributed by atoms with Crippen LogP contribution in [0.2, 0.25) is 5.15 Å². The summed E-state index contributed by atoms with van der Waals surface area (Å²) in [6, 6.07) is 2.97. The molecule has 0 unspecified atom stereocenters. The molecule has 114 valence electrons. The van der Waals surface area contributed by atoms with Crippen LogP contribution in [0, 0.1) is 0 Å². The summed E-state index contributed by atoms with van der Waals surface area (Å²) in [5.74, 6) is -1.62. The smallest absolute Gasteiger partial charge is 0.341 e. The average Bonchev–Trinajstić information content (AvgIpc) is 2.48. The molecule has 1 aromatic rings. The molecule has 0 radical (unpaired) electrons. The Bertz CT molecular complexity index is 522. The van der Waals surface area contributed by atoms with E-state index in [4.69, 9.17) is 16.3 Å². The molecule has 0 spiro atoms. The molecule has 0 aromatic carbocycles. The van der Waals surface area contributed by atoms with Crippen molar-refractivity contribution in [2.24, 2.45) is 0 Å². The maximum Gasteiger partial charge on any atom is 0.341 e. The van der Waals surface area contributed by atoms with E-state index >= 15 is 0 Å². The molecule has 0 atom stereocenters. The van der Waals surface area contributed by atoms with Gasteiger partial charge in [-0.2, -0.15) is 0 Å². The molecule has 0 aliphatic carbocycles. The van der Waals surface area contributed by atoms with E-state index in [0.717, 1.165) is 6.42 Å². The minimum Gasteiger partial charge on any atom is -0.452 e. The molecule has 2 amide bonds. The van der Waals surface area contributed by atoms with Gasteiger partial charge >= 0.3 is 5.97 Å². The number of carbonyl (C=O) groups excluding carboxylic acids is 3. The number of pyridine rings is 1. The summed E-state index contributed by atoms with van der Waals surface area (Å²) in [7, 11) is 0. The molecule has 2 N–H and O–H groups in total. The number of carbonyl (C=O) groups is 3. The second-order valence-corrected chi connectivity index (χ2v) is 4.40. The number of rotatable bonds is 7. The van der Waals surface area contributed by atoms with Crippen LogP contribution in [0.3, 0.4) is 0 Å². The Hall–Kier alpha value is -2.15. The number of aromatic nitrogens is 1. The highest BCUT2D eigenvalue weighted by Crippen LogP contribution is 2.12. The third-order valence-electron chi connectivity index (χ3n) is 2.33. The lowest BCUT2D eigenvalue weighted by Gasteiger charge is -2.07. The van der Waals surface area contributed by atoms with Crippen LogP contribution in [0.5, 0.6) is 0 Å². The monoisotopic (exact) mass is 313 g/mol. The maximum atomic E-state index is 11.6. The van der Waals surface area contributed by atoms with Gasteiger partial charge in [0.05, 0.1) is 12.1 Å². The van der Waals surface area contributed by atoms with Gasteiger partial charge in [0, 0.05) is 12.7 Å². The largest absolute Gasteiger partial charge is 0.452 e. The lowest BCUT2D eigenvalue weighted by atomic mass is 10.3. The fraction of sp³-hybridized carbons (Fsp3) is 0.385. The maximum absolute atomic E-state index is 11.6. The van der Waals surface area contributed by atoms with Crippen molar-refractivity contribution < 1.29 is 19.1 Å². The normalized spacial score (nSPS) is 9.81. The topological polar surface area (TPSA) is 97.4 Å². The molecule has 0 aliphatic heterocycles. The van der Waals surface area contributed by atoms with Crippen LogP contribution in [0.1, 0.15) is 23.7 Å². The molecule has 1 heterocycles. The van der Waals surface area contributed by atoms with Crippen LogP contribution in [-0.4, -0.2) is 42.5 Å². The molecule has 0 saturated carbocycles. The predicted octanol–water partition coefficient (Wildman–Crippen LogP) is 0.534. The summed E-state index contributed by atoms with van der Waals surface area (Å²) >= 11 is 5.72. The van der Waals surface area contributed by atoms with Gasteiger partial charge in [0.2, 0.25) is 5.91 Å². The van der Waals surface area contributed by atoms with Gasteiger partial charge in [-0.25, -0.2) is 9.78 Å². The number of hydrogen-bond donors (Lipinski definition) is 2. The van der Waals surface area contributed by atoms with E-state index in [9.17, 15) is 14.4 Å². The van der Waals surface area contributed by atoms with E-state index in [-0.39, 0.29) is 23.2 Å². The highest BCUT2D eigenvalue weighted by molar-refractivity contribution is 6.32. The zero-order valence-corrected chi connectivity index (χ0v) is 12.3. The van der Waals surface area contributed by atoms with E-state index in [1.165, 1.54) is 18.3 Å². The summed E-state index contributed by atoms with van der Waals surface area (Å²) in [4.78, 5) is 38.0. The Morgan fingerprint density at radius 3 is 2.71 bits per heavy atom. The van der Waals surface area contributed by atoms with Crippen LogP contribution in [-0.2, 0) is 14.3 Å². The Kier molecular flexibility index (Phi) is 7.17. The summed E-state index contributed by atoms with van der Waals surface area (Å²) in [5, 5.41) is 4.94. The third-order valence-corrected chi connectivity index (χ3v) is 2.63. The van der Waals surface area contributed by atoms with Gasteiger partial charge in [-0.15, -0.1) is 0 Å². The Morgan fingerprint density at radius 2 is 2.05 bits per heavy atom. The van der Waals surface area contributed by atoms with Crippen molar-refractivity contribution in [2.45, 2.75) is 13.3 Å². The number of amides is 2. The summed E-state index contributed by atoms with van der Waals surface area (Å²) in [6.07, 6.45) is 2.24. The lowest BCUT2D eigenvalue weighted by Crippen LogP contribution is -2.38. The first kappa shape index (κ1) is 16.9. The van der Waals surface area contributed by atoms with Gasteiger partial charge in [0.1, 0.15) is 5.15 Å². The molecule has 0 fully saturated rings. The molecule has 8 heteroatoms. The fourth-order valence-electron chi connectivity index (χ4n) is 1.30. The number of esters is 1. The van der Waals surface area contributed by atoms with Crippen molar-refractivity contribution in [3.63, 3.8) is 0 Å². The van der Waals surface area contributed by atoms with Crippen LogP contribution >= 0.6 is 11.6 Å². The summed E-state index contributed by atoms with van der Waals surface area (Å²) in [5.41, 5.74) is 0.0765. The second kappa shape index (κ2) is 8.91. The highest BCUT2D eigenvalue weighted by Gasteiger charge is 2.14. The molecule has 1 rings (SSSR count). The minimum atomic E-state index is -0.751. The number of nitrogens with one attached hydrogen (secondary N) is 2. The van der Waals surface area contributed by atoms with E-state index in [0.29, 0.717) is 6.54 Å². The number of hydrogen-bond acceptors (Lipinski definition) is 5. The van der Waals surface area contributed by atoms with Crippen molar-refractivity contribution in [2.75, 3.05) is 19.7 Å². The van der Waals surface area contributed by atoms with Gasteiger partial charge in [0.25, 0.3) is 5.91 Å². The molecule has 21 heavy (non-hydrogen) atoms. The number of nitrogens with zero attached hydrogens (tertiary/aromatic N) is 1. The molecule has 7 nitrogen and oxygen atoms in total. The first-order valence-electron chi connectivity index (χ1n) is 6.35. The standard InChI is InChI=1S/C13H16ClN3O4/c1-2-5-15-10(18)7-17-11(19)8-21-13(20)9-4-3-6-16-12(9)14/h3-4,6H,2,5,7-8H2,1H3,(H,15,18)(H,17,19). The van der Waals surface area contributed by atoms with E-state index in [1.54, 1.807) is 0 Å². The Balaban J connectivity index is 2.32. The summed E-state index contributed by atoms with van der Waals surface area (Å²) in [6.45, 7) is 1.81. The van der Waals surface area contributed by atoms with E-state index < -0.39 is 18.5 Å². The summed E-state index contributed by atoms with van der Waals surface area (Å²) < 4.78 is 4.78. The van der Waals surface area contributed by atoms with Gasteiger partial charge in [-0.05, 0) is 18.6 Å². The molecule has 0 saturated heterocycles. The third kappa shape index (κ3) is 6.22. The average molecular weight is 314 g/mol. The predicted molar refractivity (Wildman–Crippen MR) is 75.8 cm³/mol. The van der Waals surface area contributed by atoms with Gasteiger partial charge < -0.3 is 15.4 Å². The van der Waals surface area contributed by atoms with Gasteiger partial charge in [-0.1, -0.05) is 18.5 Å². The molecule has 0 bridgehead atoms. The van der Waals surface area contributed by atoms with E-state index in [1.807, 2.05) is 6.92 Å². The van der Waals surface area contributed by atoms with Crippen molar-refractivity contribution in [3.8, 4) is 0 Å². The minimum absolute atomic E-state index is 0.00171. The fourth-order valence-corrected chi connectivity index (χ4v) is 1.50. The quantitative estimate of drug-likeness (QED) is 0.565. The Morgan fingerprint density at radius 1 is 1.29 bits per heavy atom. The first-order chi connectivity index (χ1) is 10.0. The zero-order chi connectivity index (χ0) is 15.7. The first-order valence-corrected chi connectivity index (χ1v) is 6.73. The van der Waals surface area contributed by atoms with Gasteiger partial charge in [-0.3, -0.25) is 9.59 Å². The second-order valence-electron chi connectivity index (χ2n) is 4.04. The molecular formula is C13H16ClN3O4. The van der Waals surface area contributed by atoms with Crippen molar-refractivity contribution in [1.82, 2.24) is 15.6 Å². The lowest BCUT2D eigenvalue weighted by molar-refractivity contribution is -0.127. The van der Waals surface area contributed by atoms with E-state index in [2.05, 4.69) is 15.6 Å². The molecule has 1 aromatic heterocycles. The molecular weight excluding hydrogens is 298 g/mol. The van der Waals surface area contributed by atoms with Crippen LogP contribution < -0.4 is 10.6 Å². The van der Waals surface area contributed by atoms with Crippen molar-refractivity contribution in [3.05, 3.63) is 29.0 Å².